The van der Waals surface area contributed by atoms with Gasteiger partial charge in [0.05, 0.1) is 5.69 Å². The van der Waals surface area contributed by atoms with E-state index in [9.17, 15) is 0 Å². The SMILES string of the molecule is [N-]=[N+]=Nc1ccc2c(c1N)CCC2. The molecule has 2 rings (SSSR count). The maximum Gasteiger partial charge on any atom is 0.0607 e. The third kappa shape index (κ3) is 1.21. The highest BCUT2D eigenvalue weighted by Crippen LogP contribution is 2.34. The summed E-state index contributed by atoms with van der Waals surface area (Å²) in [6.07, 6.45) is 3.26. The van der Waals surface area contributed by atoms with E-state index < -0.39 is 0 Å². The van der Waals surface area contributed by atoms with Gasteiger partial charge in [0.25, 0.3) is 0 Å². The van der Waals surface area contributed by atoms with E-state index >= 15 is 0 Å². The third-order valence-corrected chi connectivity index (χ3v) is 2.46. The minimum Gasteiger partial charge on any atom is -0.398 e. The number of aryl methyl sites for hydroxylation is 1. The number of anilines is 1. The zero-order chi connectivity index (χ0) is 9.26. The lowest BCUT2D eigenvalue weighted by molar-refractivity contribution is 0.912. The maximum atomic E-state index is 8.30. The molecule has 0 amide bonds. The summed E-state index contributed by atoms with van der Waals surface area (Å²) < 4.78 is 0. The average molecular weight is 174 g/mol. The van der Waals surface area contributed by atoms with Gasteiger partial charge in [-0.05, 0) is 35.9 Å². The molecule has 0 aromatic heterocycles. The van der Waals surface area contributed by atoms with Gasteiger partial charge < -0.3 is 5.73 Å². The number of nitrogens with zero attached hydrogens (tertiary/aromatic N) is 3. The van der Waals surface area contributed by atoms with Crippen LogP contribution in [-0.2, 0) is 12.8 Å². The second-order valence-electron chi connectivity index (χ2n) is 3.18. The lowest BCUT2D eigenvalue weighted by Crippen LogP contribution is -1.93. The van der Waals surface area contributed by atoms with E-state index in [0.29, 0.717) is 11.4 Å². The van der Waals surface area contributed by atoms with Crippen LogP contribution in [0, 0.1) is 0 Å². The van der Waals surface area contributed by atoms with Gasteiger partial charge in [0.15, 0.2) is 0 Å². The summed E-state index contributed by atoms with van der Waals surface area (Å²) in [5.74, 6) is 0. The summed E-state index contributed by atoms with van der Waals surface area (Å²) in [5.41, 5.74) is 17.8. The normalized spacial score (nSPS) is 13.5. The summed E-state index contributed by atoms with van der Waals surface area (Å²) in [5, 5.41) is 3.54. The fourth-order valence-electron chi connectivity index (χ4n) is 1.82. The van der Waals surface area contributed by atoms with Gasteiger partial charge in [-0.2, -0.15) is 0 Å². The molecule has 4 heteroatoms. The minimum atomic E-state index is 0.558. The molecule has 0 atom stereocenters. The van der Waals surface area contributed by atoms with Crippen molar-refractivity contribution in [3.05, 3.63) is 33.7 Å². The first-order valence-electron chi connectivity index (χ1n) is 4.28. The van der Waals surface area contributed by atoms with Gasteiger partial charge in [0.2, 0.25) is 0 Å². The Kier molecular flexibility index (Phi) is 1.83. The standard InChI is InChI=1S/C9H10N4/c10-9-7-3-1-2-6(7)4-5-8(9)12-13-11/h4-5H,1-3,10H2. The zero-order valence-corrected chi connectivity index (χ0v) is 7.20. The Balaban J connectivity index is 2.58. The summed E-state index contributed by atoms with van der Waals surface area (Å²) in [6, 6.07) is 3.79. The second-order valence-corrected chi connectivity index (χ2v) is 3.18. The molecule has 4 nitrogen and oxygen atoms in total. The summed E-state index contributed by atoms with van der Waals surface area (Å²) in [4.78, 5) is 2.74. The van der Waals surface area contributed by atoms with E-state index in [2.05, 4.69) is 10.0 Å². The third-order valence-electron chi connectivity index (χ3n) is 2.46. The molecule has 0 heterocycles. The molecule has 1 aromatic carbocycles. The molecule has 1 aliphatic rings. The van der Waals surface area contributed by atoms with Crippen molar-refractivity contribution in [2.24, 2.45) is 5.11 Å². The second kappa shape index (κ2) is 2.99. The monoisotopic (exact) mass is 174 g/mol. The van der Waals surface area contributed by atoms with Crippen molar-refractivity contribution < 1.29 is 0 Å². The highest BCUT2D eigenvalue weighted by Gasteiger charge is 2.14. The van der Waals surface area contributed by atoms with Crippen LogP contribution in [0.5, 0.6) is 0 Å². The van der Waals surface area contributed by atoms with Gasteiger partial charge >= 0.3 is 0 Å². The van der Waals surface area contributed by atoms with Crippen LogP contribution in [0.4, 0.5) is 11.4 Å². The molecule has 66 valence electrons. The van der Waals surface area contributed by atoms with Gasteiger partial charge in [0.1, 0.15) is 0 Å². The first-order valence-corrected chi connectivity index (χ1v) is 4.28. The molecule has 0 bridgehead atoms. The fraction of sp³-hybridized carbons (Fsp3) is 0.333. The number of azide groups is 1. The van der Waals surface area contributed by atoms with Gasteiger partial charge in [-0.25, -0.2) is 0 Å². The Hall–Kier alpha value is -1.67. The van der Waals surface area contributed by atoms with E-state index in [0.717, 1.165) is 19.3 Å². The van der Waals surface area contributed by atoms with Crippen LogP contribution in [0.25, 0.3) is 10.4 Å². The van der Waals surface area contributed by atoms with Gasteiger partial charge in [0, 0.05) is 10.6 Å². The number of nitrogens with two attached hydrogens (primary N) is 1. The van der Waals surface area contributed by atoms with Crippen LogP contribution in [0.3, 0.4) is 0 Å². The van der Waals surface area contributed by atoms with Crippen LogP contribution < -0.4 is 5.73 Å². The summed E-state index contributed by atoms with van der Waals surface area (Å²) >= 11 is 0. The highest BCUT2D eigenvalue weighted by molar-refractivity contribution is 5.69. The lowest BCUT2D eigenvalue weighted by Gasteiger charge is -2.05. The van der Waals surface area contributed by atoms with Crippen LogP contribution in [0.1, 0.15) is 17.5 Å². The van der Waals surface area contributed by atoms with E-state index in [1.54, 1.807) is 6.07 Å². The number of rotatable bonds is 1. The quantitative estimate of drug-likeness (QED) is 0.302. The molecule has 2 N–H and O–H groups in total. The van der Waals surface area contributed by atoms with Crippen LogP contribution in [0.2, 0.25) is 0 Å². The van der Waals surface area contributed by atoms with Crippen molar-refractivity contribution in [2.45, 2.75) is 19.3 Å². The Morgan fingerprint density at radius 3 is 3.00 bits per heavy atom. The topological polar surface area (TPSA) is 74.8 Å². The Morgan fingerprint density at radius 2 is 2.23 bits per heavy atom. The Morgan fingerprint density at radius 1 is 1.38 bits per heavy atom. The van der Waals surface area contributed by atoms with E-state index in [1.807, 2.05) is 6.07 Å². The van der Waals surface area contributed by atoms with Crippen molar-refractivity contribution in [1.82, 2.24) is 0 Å². The molecule has 0 saturated carbocycles. The van der Waals surface area contributed by atoms with Gasteiger partial charge in [-0.15, -0.1) is 0 Å². The number of nitrogen functional groups attached to an aromatic ring is 1. The molecular weight excluding hydrogens is 164 g/mol. The first kappa shape index (κ1) is 7.95. The smallest absolute Gasteiger partial charge is 0.0607 e. The first-order chi connectivity index (χ1) is 6.33. The lowest BCUT2D eigenvalue weighted by atomic mass is 10.1. The van der Waals surface area contributed by atoms with Crippen molar-refractivity contribution in [2.75, 3.05) is 5.73 Å². The van der Waals surface area contributed by atoms with Crippen molar-refractivity contribution in [1.29, 1.82) is 0 Å². The maximum absolute atomic E-state index is 8.30. The predicted molar refractivity (Wildman–Crippen MR) is 51.7 cm³/mol. The Labute approximate surface area is 76.0 Å². The number of benzene rings is 1. The van der Waals surface area contributed by atoms with Gasteiger partial charge in [-0.1, -0.05) is 17.2 Å². The molecule has 0 radical (unpaired) electrons. The predicted octanol–water partition coefficient (Wildman–Crippen LogP) is 2.70. The largest absolute Gasteiger partial charge is 0.398 e. The minimum absolute atomic E-state index is 0.558. The van der Waals surface area contributed by atoms with Crippen molar-refractivity contribution >= 4 is 11.4 Å². The summed E-state index contributed by atoms with van der Waals surface area (Å²) in [6.45, 7) is 0. The van der Waals surface area contributed by atoms with Crippen LogP contribution in [0.15, 0.2) is 17.2 Å². The van der Waals surface area contributed by atoms with Crippen LogP contribution >= 0.6 is 0 Å². The highest BCUT2D eigenvalue weighted by atomic mass is 15.1. The number of hydrogen-bond acceptors (Lipinski definition) is 2. The Bertz CT molecular complexity index is 391. The van der Waals surface area contributed by atoms with Crippen molar-refractivity contribution in [3.63, 3.8) is 0 Å². The van der Waals surface area contributed by atoms with Crippen LogP contribution in [-0.4, -0.2) is 0 Å². The van der Waals surface area contributed by atoms with E-state index in [4.69, 9.17) is 11.3 Å². The molecule has 0 unspecified atom stereocenters. The fourth-order valence-corrected chi connectivity index (χ4v) is 1.82. The number of hydrogen-bond donors (Lipinski definition) is 1. The summed E-state index contributed by atoms with van der Waals surface area (Å²) in [7, 11) is 0. The molecule has 1 aromatic rings. The molecule has 0 fully saturated rings. The van der Waals surface area contributed by atoms with Gasteiger partial charge in [-0.3, -0.25) is 0 Å². The molecule has 0 aliphatic heterocycles. The zero-order valence-electron chi connectivity index (χ0n) is 7.20. The number of fused-ring (bicyclic) bond motifs is 1. The molecular formula is C9H10N4. The van der Waals surface area contributed by atoms with Crippen molar-refractivity contribution in [3.8, 4) is 0 Å². The molecule has 1 aliphatic carbocycles. The van der Waals surface area contributed by atoms with E-state index in [-0.39, 0.29) is 0 Å². The molecule has 0 spiro atoms. The van der Waals surface area contributed by atoms with E-state index in [1.165, 1.54) is 11.1 Å². The molecule has 0 saturated heterocycles. The molecule has 13 heavy (non-hydrogen) atoms. The average Bonchev–Trinajstić information content (AvgIpc) is 2.58.